The molecule has 0 amide bonds. The summed E-state index contributed by atoms with van der Waals surface area (Å²) in [5.41, 5.74) is 0. The first-order valence-electron chi connectivity index (χ1n) is 0. The molecule has 0 aliphatic rings. The van der Waals surface area contributed by atoms with Crippen LogP contribution in [0.5, 0.6) is 0 Å². The Morgan fingerprint density at radius 1 is 0.556 bits per heavy atom. The van der Waals surface area contributed by atoms with Crippen LogP contribution < -0.4 is 0 Å². The molecule has 0 aromatic carbocycles. The van der Waals surface area contributed by atoms with E-state index < -0.39 is 0 Å². The summed E-state index contributed by atoms with van der Waals surface area (Å²) in [4.78, 5) is 0. The Morgan fingerprint density at radius 2 is 0.556 bits per heavy atom. The van der Waals surface area contributed by atoms with E-state index in [2.05, 4.69) is 0 Å². The molecule has 0 rings (SSSR count). The molecule has 0 radical (unpaired) electrons. The summed E-state index contributed by atoms with van der Waals surface area (Å²) in [6, 6.07) is 0. The minimum absolute atomic E-state index is 0. The van der Waals surface area contributed by atoms with Gasteiger partial charge in [-0.2, -0.15) is 0 Å². The zero-order valence-corrected chi connectivity index (χ0v) is 8.80. The molecular formula is H5O7TaTi. The molecule has 0 spiro atoms. The second-order valence-electron chi connectivity index (χ2n) is 0. The third kappa shape index (κ3) is 342. The zero-order valence-electron chi connectivity index (χ0n) is 4.03. The van der Waals surface area contributed by atoms with Crippen molar-refractivity contribution in [1.82, 2.24) is 0 Å². The summed E-state index contributed by atoms with van der Waals surface area (Å²) >= 11 is 0. The van der Waals surface area contributed by atoms with Crippen molar-refractivity contribution in [3.05, 3.63) is 0 Å². The van der Waals surface area contributed by atoms with Gasteiger partial charge in [-0.1, -0.05) is 0 Å². The Bertz CT molecular complexity index is 8.88. The van der Waals surface area contributed by atoms with Crippen molar-refractivity contribution < 1.29 is 82.4 Å². The molecule has 0 saturated heterocycles. The van der Waals surface area contributed by atoms with Crippen LogP contribution in [0.4, 0.5) is 0 Å². The van der Waals surface area contributed by atoms with Gasteiger partial charge in [0.05, 0.1) is 0 Å². The van der Waals surface area contributed by atoms with Gasteiger partial charge in [-0.3, -0.25) is 0 Å². The molecule has 56 valence electrons. The summed E-state index contributed by atoms with van der Waals surface area (Å²) < 4.78 is 0. The Balaban J connectivity index is 0. The van der Waals surface area contributed by atoms with Crippen molar-refractivity contribution in [3.63, 3.8) is 0 Å². The molecule has 0 fully saturated rings. The fourth-order valence-electron chi connectivity index (χ4n) is 0. The smallest absolute Gasteiger partial charge is 2.00 e. The van der Waals surface area contributed by atoms with E-state index in [1.165, 1.54) is 0 Å². The molecule has 7 nitrogen and oxygen atoms in total. The maximum absolute atomic E-state index is 0. The van der Waals surface area contributed by atoms with Gasteiger partial charge in [-0.25, -0.2) is 0 Å². The van der Waals surface area contributed by atoms with E-state index >= 15 is 0 Å². The summed E-state index contributed by atoms with van der Waals surface area (Å²) in [5.74, 6) is 0. The third-order valence-corrected chi connectivity index (χ3v) is 0. The van der Waals surface area contributed by atoms with Gasteiger partial charge in [0.15, 0.2) is 0 Å². The Kier molecular flexibility index (Phi) is 30700. The molecule has 5 N–H and O–H groups in total. The maximum Gasteiger partial charge on any atom is 5.00 e. The largest absolute Gasteiger partial charge is 5.00 e. The van der Waals surface area contributed by atoms with Crippen LogP contribution in [0, 0.1) is 0 Å². The molecule has 0 unspecified atom stereocenters. The van der Waals surface area contributed by atoms with Gasteiger partial charge in [0.25, 0.3) is 0 Å². The number of hydrogen-bond donors (Lipinski definition) is 0. The summed E-state index contributed by atoms with van der Waals surface area (Å²) in [7, 11) is 0. The van der Waals surface area contributed by atoms with Crippen LogP contribution in [0.25, 0.3) is 0 Å². The summed E-state index contributed by atoms with van der Waals surface area (Å²) in [5, 5.41) is 0. The van der Waals surface area contributed by atoms with Crippen LogP contribution in [-0.4, -0.2) is 16.4 Å². The fourth-order valence-corrected chi connectivity index (χ4v) is 0. The van der Waals surface area contributed by atoms with Crippen LogP contribution in [0.3, 0.4) is 0 Å². The first-order chi connectivity index (χ1) is 0. The van der Waals surface area contributed by atoms with Crippen molar-refractivity contribution in [2.24, 2.45) is 0 Å². The molecule has 0 aliphatic carbocycles. The minimum Gasteiger partial charge on any atom is -2.00 e. The van der Waals surface area contributed by atoms with Gasteiger partial charge < -0.3 is 38.3 Å². The molecule has 0 bridgehead atoms. The molecule has 0 aromatic rings. The van der Waals surface area contributed by atoms with E-state index in [0.717, 1.165) is 0 Å². The second kappa shape index (κ2) is 444. The average molecular weight is 346 g/mol. The first-order valence-corrected chi connectivity index (χ1v) is 0. The number of hydrogen-bond acceptors (Lipinski definition) is 1. The Hall–Kier alpha value is 1.17. The van der Waals surface area contributed by atoms with Crippen LogP contribution in [0.2, 0.25) is 0 Å². The predicted octanol–water partition coefficient (Wildman–Crippen LogP) is -2.31. The van der Waals surface area contributed by atoms with Gasteiger partial charge >= 0.3 is 44.1 Å². The van der Waals surface area contributed by atoms with Gasteiger partial charge in [0, 0.05) is 0 Å². The SMILES string of the molecule is O.O.[O-2].[O-2].[O-2].[O-2].[OH-].[Ta+5].[Ti+4]. The second-order valence-corrected chi connectivity index (χ2v) is 0. The van der Waals surface area contributed by atoms with Crippen LogP contribution in [-0.2, 0) is 66.0 Å². The van der Waals surface area contributed by atoms with E-state index in [-0.39, 0.29) is 82.4 Å². The molecule has 0 heterocycles. The van der Waals surface area contributed by atoms with E-state index in [1.807, 2.05) is 0 Å². The third-order valence-electron chi connectivity index (χ3n) is 0. The van der Waals surface area contributed by atoms with Crippen molar-refractivity contribution in [1.29, 1.82) is 0 Å². The normalized spacial score (nSPS) is 0. The quantitative estimate of drug-likeness (QED) is 0.435. The van der Waals surface area contributed by atoms with Gasteiger partial charge in [-0.05, 0) is 0 Å². The van der Waals surface area contributed by atoms with E-state index in [1.54, 1.807) is 0 Å². The molecule has 0 saturated carbocycles. The molecular weight excluding hydrogens is 341 g/mol. The summed E-state index contributed by atoms with van der Waals surface area (Å²) in [6.45, 7) is 0. The summed E-state index contributed by atoms with van der Waals surface area (Å²) in [6.07, 6.45) is 0. The topological polar surface area (TPSA) is 207 Å². The fraction of sp³-hybridized carbons (Fsp3) is 0. The maximum atomic E-state index is 0. The molecule has 0 aliphatic heterocycles. The predicted molar refractivity (Wildman–Crippen MR) is 11.9 cm³/mol. The average Bonchev–Trinajstić information content (AvgIpc) is 0. The van der Waals surface area contributed by atoms with Gasteiger partial charge in [0.2, 0.25) is 0 Å². The standard InChI is InChI=1S/3H2O.4O.Ta.Ti/h3*1H2;;;;;;/q;;;4*-2;+5;+4/p-1. The first kappa shape index (κ1) is 621. The van der Waals surface area contributed by atoms with Gasteiger partial charge in [-0.15, -0.1) is 0 Å². The van der Waals surface area contributed by atoms with Crippen molar-refractivity contribution in [2.75, 3.05) is 0 Å². The van der Waals surface area contributed by atoms with E-state index in [0.29, 0.717) is 0 Å². The molecule has 0 aromatic heterocycles. The monoisotopic (exact) mass is 346 g/mol. The number of rotatable bonds is 0. The molecule has 0 atom stereocenters. The van der Waals surface area contributed by atoms with E-state index in [4.69, 9.17) is 0 Å². The van der Waals surface area contributed by atoms with E-state index in [9.17, 15) is 0 Å². The Labute approximate surface area is 82.4 Å². The minimum atomic E-state index is 0. The van der Waals surface area contributed by atoms with Crippen molar-refractivity contribution in [3.8, 4) is 0 Å². The van der Waals surface area contributed by atoms with Crippen LogP contribution >= 0.6 is 0 Å². The van der Waals surface area contributed by atoms with Gasteiger partial charge in [0.1, 0.15) is 0 Å². The zero-order chi connectivity index (χ0) is 0. The Morgan fingerprint density at radius 3 is 0.556 bits per heavy atom. The van der Waals surface area contributed by atoms with Crippen molar-refractivity contribution in [2.45, 2.75) is 0 Å². The molecule has 9 heteroatoms. The molecule has 9 heavy (non-hydrogen) atoms. The van der Waals surface area contributed by atoms with Crippen LogP contribution in [0.1, 0.15) is 0 Å². The van der Waals surface area contributed by atoms with Crippen molar-refractivity contribution >= 4 is 0 Å². The van der Waals surface area contributed by atoms with Crippen LogP contribution in [0.15, 0.2) is 0 Å².